The first-order valence-corrected chi connectivity index (χ1v) is 8.12. The molecule has 0 atom stereocenters. The van der Waals surface area contributed by atoms with Crippen molar-refractivity contribution in [1.29, 1.82) is 0 Å². The van der Waals surface area contributed by atoms with Crippen molar-refractivity contribution < 1.29 is 4.39 Å². The summed E-state index contributed by atoms with van der Waals surface area (Å²) in [5.74, 6) is 0.470. The minimum absolute atomic E-state index is 0. The van der Waals surface area contributed by atoms with Crippen LogP contribution in [0.1, 0.15) is 18.1 Å². The molecular formula is C19H26FIN4. The Balaban J connectivity index is 0.00000312. The first kappa shape index (κ1) is 21.2. The lowest BCUT2D eigenvalue weighted by Crippen LogP contribution is -2.37. The minimum Gasteiger partial charge on any atom is -0.378 e. The van der Waals surface area contributed by atoms with E-state index in [2.05, 4.69) is 44.8 Å². The van der Waals surface area contributed by atoms with Crippen LogP contribution in [-0.4, -0.2) is 26.6 Å². The van der Waals surface area contributed by atoms with E-state index in [1.54, 1.807) is 12.1 Å². The maximum absolute atomic E-state index is 13.7. The summed E-state index contributed by atoms with van der Waals surface area (Å²) < 4.78 is 13.7. The van der Waals surface area contributed by atoms with Gasteiger partial charge in [-0.05, 0) is 30.7 Å². The molecule has 2 N–H and O–H groups in total. The fourth-order valence-corrected chi connectivity index (χ4v) is 2.23. The van der Waals surface area contributed by atoms with Gasteiger partial charge >= 0.3 is 0 Å². The van der Waals surface area contributed by atoms with E-state index in [0.29, 0.717) is 24.6 Å². The molecule has 0 aliphatic heterocycles. The van der Waals surface area contributed by atoms with Gasteiger partial charge in [0.05, 0.1) is 6.54 Å². The quantitative estimate of drug-likeness (QED) is 0.395. The molecule has 0 saturated heterocycles. The number of rotatable bonds is 6. The van der Waals surface area contributed by atoms with Crippen LogP contribution in [0.2, 0.25) is 0 Å². The maximum Gasteiger partial charge on any atom is 0.191 e. The van der Waals surface area contributed by atoms with Gasteiger partial charge < -0.3 is 15.5 Å². The van der Waals surface area contributed by atoms with Crippen molar-refractivity contribution in [2.24, 2.45) is 4.99 Å². The third-order valence-electron chi connectivity index (χ3n) is 3.62. The zero-order chi connectivity index (χ0) is 17.4. The largest absolute Gasteiger partial charge is 0.378 e. The van der Waals surface area contributed by atoms with Gasteiger partial charge in [-0.25, -0.2) is 9.38 Å². The fourth-order valence-electron chi connectivity index (χ4n) is 2.23. The third-order valence-corrected chi connectivity index (χ3v) is 3.62. The van der Waals surface area contributed by atoms with E-state index < -0.39 is 0 Å². The predicted molar refractivity (Wildman–Crippen MR) is 114 cm³/mol. The minimum atomic E-state index is -0.208. The van der Waals surface area contributed by atoms with Gasteiger partial charge in [-0.15, -0.1) is 24.0 Å². The first-order chi connectivity index (χ1) is 11.6. The smallest absolute Gasteiger partial charge is 0.191 e. The maximum atomic E-state index is 13.7. The number of halogens is 2. The van der Waals surface area contributed by atoms with E-state index in [0.717, 1.165) is 17.8 Å². The van der Waals surface area contributed by atoms with Crippen molar-refractivity contribution in [2.75, 3.05) is 25.5 Å². The molecule has 0 aromatic heterocycles. The van der Waals surface area contributed by atoms with Crippen LogP contribution < -0.4 is 15.5 Å². The lowest BCUT2D eigenvalue weighted by atomic mass is 10.2. The summed E-state index contributed by atoms with van der Waals surface area (Å²) in [6.07, 6.45) is 0. The molecule has 2 aromatic rings. The topological polar surface area (TPSA) is 39.7 Å². The number of anilines is 1. The van der Waals surface area contributed by atoms with Gasteiger partial charge in [-0.3, -0.25) is 0 Å². The Labute approximate surface area is 166 Å². The summed E-state index contributed by atoms with van der Waals surface area (Å²) in [5, 5.41) is 6.35. The van der Waals surface area contributed by atoms with Crippen LogP contribution in [-0.2, 0) is 13.1 Å². The Kier molecular flexibility index (Phi) is 9.26. The van der Waals surface area contributed by atoms with Crippen LogP contribution in [0.4, 0.5) is 10.1 Å². The summed E-state index contributed by atoms with van der Waals surface area (Å²) in [6, 6.07) is 15.0. The summed E-state index contributed by atoms with van der Waals surface area (Å²) in [4.78, 5) is 6.62. The number of hydrogen-bond donors (Lipinski definition) is 2. The van der Waals surface area contributed by atoms with E-state index in [4.69, 9.17) is 0 Å². The van der Waals surface area contributed by atoms with Gasteiger partial charge in [0.1, 0.15) is 5.82 Å². The Hall–Kier alpha value is -1.83. The molecule has 4 nitrogen and oxygen atoms in total. The number of hydrogen-bond acceptors (Lipinski definition) is 2. The highest BCUT2D eigenvalue weighted by molar-refractivity contribution is 14.0. The number of benzene rings is 2. The van der Waals surface area contributed by atoms with E-state index in [1.165, 1.54) is 6.07 Å². The van der Waals surface area contributed by atoms with E-state index >= 15 is 0 Å². The number of nitrogens with one attached hydrogen (secondary N) is 2. The van der Waals surface area contributed by atoms with Crippen LogP contribution in [0, 0.1) is 5.82 Å². The van der Waals surface area contributed by atoms with Crippen LogP contribution >= 0.6 is 24.0 Å². The van der Waals surface area contributed by atoms with E-state index in [-0.39, 0.29) is 29.8 Å². The molecule has 0 fully saturated rings. The average molecular weight is 456 g/mol. The molecule has 0 heterocycles. The monoisotopic (exact) mass is 456 g/mol. The van der Waals surface area contributed by atoms with Crippen molar-refractivity contribution in [3.8, 4) is 0 Å². The fraction of sp³-hybridized carbons (Fsp3) is 0.316. The summed E-state index contributed by atoms with van der Waals surface area (Å²) in [7, 11) is 4.03. The summed E-state index contributed by atoms with van der Waals surface area (Å²) in [5.41, 5.74) is 2.91. The molecule has 2 aromatic carbocycles. The van der Waals surface area contributed by atoms with Gasteiger partial charge in [0.15, 0.2) is 5.96 Å². The molecule has 0 amide bonds. The standard InChI is InChI=1S/C19H25FN4.HI/c1-4-21-19(23-14-16-7-5-6-8-18(16)20)22-13-15-9-11-17(12-10-15)24(2)3;/h5-12H,4,13-14H2,1-3H3,(H2,21,22,23);1H. The molecule has 6 heteroatoms. The highest BCUT2D eigenvalue weighted by Crippen LogP contribution is 2.12. The van der Waals surface area contributed by atoms with E-state index in [9.17, 15) is 4.39 Å². The average Bonchev–Trinajstić information content (AvgIpc) is 2.59. The Morgan fingerprint density at radius 2 is 1.72 bits per heavy atom. The molecule has 0 spiro atoms. The molecule has 0 aliphatic rings. The number of guanidine groups is 1. The molecule has 0 unspecified atom stereocenters. The molecular weight excluding hydrogens is 430 g/mol. The molecule has 0 bridgehead atoms. The predicted octanol–water partition coefficient (Wildman–Crippen LogP) is 3.77. The molecule has 2 rings (SSSR count). The second kappa shape index (κ2) is 10.9. The van der Waals surface area contributed by atoms with Gasteiger partial charge in [0, 0.05) is 38.4 Å². The molecule has 25 heavy (non-hydrogen) atoms. The molecule has 0 saturated carbocycles. The van der Waals surface area contributed by atoms with Crippen molar-refractivity contribution >= 4 is 35.6 Å². The normalized spacial score (nSPS) is 10.8. The number of aliphatic imine (C=N–C) groups is 1. The second-order valence-electron chi connectivity index (χ2n) is 5.70. The lowest BCUT2D eigenvalue weighted by Gasteiger charge is -2.13. The summed E-state index contributed by atoms with van der Waals surface area (Å²) >= 11 is 0. The van der Waals surface area contributed by atoms with Crippen molar-refractivity contribution in [3.05, 3.63) is 65.5 Å². The van der Waals surface area contributed by atoms with Gasteiger partial charge in [0.2, 0.25) is 0 Å². The van der Waals surface area contributed by atoms with Crippen molar-refractivity contribution in [1.82, 2.24) is 10.6 Å². The highest BCUT2D eigenvalue weighted by Gasteiger charge is 2.03. The first-order valence-electron chi connectivity index (χ1n) is 8.12. The zero-order valence-corrected chi connectivity index (χ0v) is 17.3. The van der Waals surface area contributed by atoms with Gasteiger partial charge in [-0.1, -0.05) is 30.3 Å². The van der Waals surface area contributed by atoms with Crippen LogP contribution in [0.25, 0.3) is 0 Å². The molecule has 0 aliphatic carbocycles. The van der Waals surface area contributed by atoms with Crippen molar-refractivity contribution in [3.63, 3.8) is 0 Å². The van der Waals surface area contributed by atoms with Crippen LogP contribution in [0.3, 0.4) is 0 Å². The van der Waals surface area contributed by atoms with Crippen molar-refractivity contribution in [2.45, 2.75) is 20.0 Å². The lowest BCUT2D eigenvalue weighted by molar-refractivity contribution is 0.604. The second-order valence-corrected chi connectivity index (χ2v) is 5.70. The van der Waals surface area contributed by atoms with E-state index in [1.807, 2.05) is 27.1 Å². The Morgan fingerprint density at radius 3 is 2.32 bits per heavy atom. The van der Waals surface area contributed by atoms with Crippen LogP contribution in [0.5, 0.6) is 0 Å². The highest BCUT2D eigenvalue weighted by atomic mass is 127. The van der Waals surface area contributed by atoms with Gasteiger partial charge in [-0.2, -0.15) is 0 Å². The molecule has 136 valence electrons. The third kappa shape index (κ3) is 6.89. The van der Waals surface area contributed by atoms with Gasteiger partial charge in [0.25, 0.3) is 0 Å². The SMILES string of the molecule is CCNC(=NCc1ccc(N(C)C)cc1)NCc1ccccc1F.I. The summed E-state index contributed by atoms with van der Waals surface area (Å²) in [6.45, 7) is 3.73. The zero-order valence-electron chi connectivity index (χ0n) is 14.9. The van der Waals surface area contributed by atoms with Crippen LogP contribution in [0.15, 0.2) is 53.5 Å². The number of nitrogens with zero attached hydrogens (tertiary/aromatic N) is 2. The Bertz CT molecular complexity index is 671. The molecule has 0 radical (unpaired) electrons. The Morgan fingerprint density at radius 1 is 1.04 bits per heavy atom.